The van der Waals surface area contributed by atoms with Crippen LogP contribution in [0.4, 0.5) is 0 Å². The van der Waals surface area contributed by atoms with Crippen molar-refractivity contribution < 1.29 is 14.3 Å². The summed E-state index contributed by atoms with van der Waals surface area (Å²) in [5.74, 6) is -0.0771. The number of aryl methyl sites for hydroxylation is 1. The maximum atomic E-state index is 13.6. The first-order valence-electron chi connectivity index (χ1n) is 11.6. The standard InChI is InChI=1S/C27H25N5O4/c1-18-9-11-19(12-10-18)25(33)30-14-16-31(17-15-30)26(34)23-27(35)32(21-7-3-4-8-22(21)36-2)24-20(29-23)6-5-13-28-24/h3-13H,14-17H2,1-2H3. The van der Waals surface area contributed by atoms with E-state index >= 15 is 0 Å². The number of piperazine rings is 1. The molecule has 1 aliphatic heterocycles. The Balaban J connectivity index is 1.45. The highest BCUT2D eigenvalue weighted by Gasteiger charge is 2.29. The lowest BCUT2D eigenvalue weighted by Crippen LogP contribution is -2.51. The SMILES string of the molecule is COc1ccccc1-n1c(=O)c(C(=O)N2CCN(C(=O)c3ccc(C)cc3)CC2)nc2cccnc21. The van der Waals surface area contributed by atoms with Crippen LogP contribution in [0.2, 0.25) is 0 Å². The van der Waals surface area contributed by atoms with Crippen molar-refractivity contribution in [2.24, 2.45) is 0 Å². The van der Waals surface area contributed by atoms with Gasteiger partial charge in [-0.2, -0.15) is 0 Å². The number of amides is 2. The average molecular weight is 484 g/mol. The second kappa shape index (κ2) is 9.61. The van der Waals surface area contributed by atoms with E-state index in [2.05, 4.69) is 9.97 Å². The number of hydrogen-bond donors (Lipinski definition) is 0. The van der Waals surface area contributed by atoms with E-state index in [1.165, 1.54) is 11.7 Å². The minimum Gasteiger partial charge on any atom is -0.495 e. The van der Waals surface area contributed by atoms with Crippen molar-refractivity contribution in [3.8, 4) is 11.4 Å². The minimum atomic E-state index is -0.575. The Kier molecular flexibility index (Phi) is 6.20. The van der Waals surface area contributed by atoms with E-state index < -0.39 is 11.5 Å². The summed E-state index contributed by atoms with van der Waals surface area (Å²) in [7, 11) is 1.52. The minimum absolute atomic E-state index is 0.0736. The van der Waals surface area contributed by atoms with Crippen molar-refractivity contribution in [1.82, 2.24) is 24.3 Å². The van der Waals surface area contributed by atoms with Gasteiger partial charge in [0.1, 0.15) is 11.3 Å². The highest BCUT2D eigenvalue weighted by Crippen LogP contribution is 2.23. The molecule has 3 heterocycles. The summed E-state index contributed by atoms with van der Waals surface area (Å²) in [5.41, 5.74) is 2.14. The maximum Gasteiger partial charge on any atom is 0.288 e. The number of methoxy groups -OCH3 is 1. The average Bonchev–Trinajstić information content (AvgIpc) is 2.92. The largest absolute Gasteiger partial charge is 0.495 e. The third kappa shape index (κ3) is 4.19. The summed E-state index contributed by atoms with van der Waals surface area (Å²) >= 11 is 0. The summed E-state index contributed by atoms with van der Waals surface area (Å²) < 4.78 is 6.82. The van der Waals surface area contributed by atoms with Gasteiger partial charge >= 0.3 is 0 Å². The van der Waals surface area contributed by atoms with Crippen LogP contribution in [0, 0.1) is 6.92 Å². The predicted octanol–water partition coefficient (Wildman–Crippen LogP) is 2.70. The number of hydrogen-bond acceptors (Lipinski definition) is 6. The molecule has 36 heavy (non-hydrogen) atoms. The van der Waals surface area contributed by atoms with E-state index in [0.717, 1.165) is 5.56 Å². The summed E-state index contributed by atoms with van der Waals surface area (Å²) in [6.45, 7) is 3.31. The zero-order chi connectivity index (χ0) is 25.2. The van der Waals surface area contributed by atoms with Crippen LogP contribution in [0.3, 0.4) is 0 Å². The Morgan fingerprint density at radius 2 is 1.53 bits per heavy atom. The highest BCUT2D eigenvalue weighted by atomic mass is 16.5. The van der Waals surface area contributed by atoms with E-state index in [-0.39, 0.29) is 11.6 Å². The first kappa shape index (κ1) is 23.2. The van der Waals surface area contributed by atoms with Crippen molar-refractivity contribution in [3.05, 3.63) is 94.0 Å². The van der Waals surface area contributed by atoms with Gasteiger partial charge in [0.2, 0.25) is 0 Å². The lowest BCUT2D eigenvalue weighted by molar-refractivity contribution is 0.0531. The van der Waals surface area contributed by atoms with Crippen molar-refractivity contribution in [3.63, 3.8) is 0 Å². The molecule has 1 fully saturated rings. The lowest BCUT2D eigenvalue weighted by atomic mass is 10.1. The lowest BCUT2D eigenvalue weighted by Gasteiger charge is -2.34. The van der Waals surface area contributed by atoms with E-state index in [9.17, 15) is 14.4 Å². The molecular weight excluding hydrogens is 458 g/mol. The van der Waals surface area contributed by atoms with Crippen LogP contribution >= 0.6 is 0 Å². The fraction of sp³-hybridized carbons (Fsp3) is 0.222. The van der Waals surface area contributed by atoms with Gasteiger partial charge in [-0.05, 0) is 43.3 Å². The van der Waals surface area contributed by atoms with E-state index in [4.69, 9.17) is 4.74 Å². The topological polar surface area (TPSA) is 97.6 Å². The van der Waals surface area contributed by atoms with Gasteiger partial charge in [0, 0.05) is 37.9 Å². The molecule has 9 heteroatoms. The number of para-hydroxylation sites is 2. The van der Waals surface area contributed by atoms with Crippen LogP contribution in [0.5, 0.6) is 5.75 Å². The number of rotatable bonds is 4. The number of pyridine rings is 1. The molecule has 0 unspecified atom stereocenters. The maximum absolute atomic E-state index is 13.6. The molecule has 0 atom stereocenters. The van der Waals surface area contributed by atoms with Gasteiger partial charge in [-0.25, -0.2) is 9.97 Å². The van der Waals surface area contributed by atoms with Crippen LogP contribution in [0.25, 0.3) is 16.9 Å². The van der Waals surface area contributed by atoms with Crippen molar-refractivity contribution >= 4 is 23.0 Å². The number of fused-ring (bicyclic) bond motifs is 1. The van der Waals surface area contributed by atoms with Crippen molar-refractivity contribution in [2.75, 3.05) is 33.3 Å². The number of benzene rings is 2. The molecular formula is C27H25N5O4. The molecule has 5 rings (SSSR count). The molecule has 2 aromatic carbocycles. The van der Waals surface area contributed by atoms with E-state index in [0.29, 0.717) is 54.3 Å². The molecule has 0 N–H and O–H groups in total. The Hall–Kier alpha value is -4.53. The smallest absolute Gasteiger partial charge is 0.288 e. The number of nitrogens with zero attached hydrogens (tertiary/aromatic N) is 5. The van der Waals surface area contributed by atoms with Crippen LogP contribution in [0.1, 0.15) is 26.4 Å². The molecule has 0 saturated carbocycles. The van der Waals surface area contributed by atoms with Crippen LogP contribution in [-0.4, -0.2) is 69.4 Å². The zero-order valence-corrected chi connectivity index (χ0v) is 20.0. The predicted molar refractivity (Wildman–Crippen MR) is 135 cm³/mol. The summed E-state index contributed by atoms with van der Waals surface area (Å²) in [4.78, 5) is 52.0. The van der Waals surface area contributed by atoms with Crippen molar-refractivity contribution in [1.29, 1.82) is 0 Å². The fourth-order valence-electron chi connectivity index (χ4n) is 4.34. The molecule has 0 radical (unpaired) electrons. The Morgan fingerprint density at radius 3 is 2.22 bits per heavy atom. The molecule has 1 aliphatic rings. The van der Waals surface area contributed by atoms with Crippen LogP contribution in [0.15, 0.2) is 71.7 Å². The van der Waals surface area contributed by atoms with E-state index in [1.807, 2.05) is 31.2 Å². The Labute approximate surface area is 207 Å². The molecule has 9 nitrogen and oxygen atoms in total. The number of carbonyl (C=O) groups is 2. The van der Waals surface area contributed by atoms with Crippen LogP contribution in [-0.2, 0) is 0 Å². The molecule has 182 valence electrons. The zero-order valence-electron chi connectivity index (χ0n) is 20.0. The van der Waals surface area contributed by atoms with Gasteiger partial charge < -0.3 is 14.5 Å². The van der Waals surface area contributed by atoms with Gasteiger partial charge in [0.05, 0.1) is 12.8 Å². The molecule has 2 amide bonds. The molecule has 4 aromatic rings. The molecule has 0 aliphatic carbocycles. The summed E-state index contributed by atoms with van der Waals surface area (Å²) in [5, 5.41) is 0. The number of ether oxygens (including phenoxy) is 1. The van der Waals surface area contributed by atoms with Gasteiger partial charge in [0.25, 0.3) is 17.4 Å². The summed E-state index contributed by atoms with van der Waals surface area (Å²) in [6.07, 6.45) is 1.57. The molecule has 0 bridgehead atoms. The third-order valence-corrected chi connectivity index (χ3v) is 6.30. The first-order valence-corrected chi connectivity index (χ1v) is 11.6. The number of carbonyl (C=O) groups excluding carboxylic acids is 2. The second-order valence-electron chi connectivity index (χ2n) is 8.57. The Bertz CT molecular complexity index is 1510. The quantitative estimate of drug-likeness (QED) is 0.443. The van der Waals surface area contributed by atoms with Gasteiger partial charge in [-0.3, -0.25) is 19.0 Å². The monoisotopic (exact) mass is 483 g/mol. The second-order valence-corrected chi connectivity index (χ2v) is 8.57. The third-order valence-electron chi connectivity index (χ3n) is 6.30. The highest BCUT2D eigenvalue weighted by molar-refractivity contribution is 5.96. The van der Waals surface area contributed by atoms with E-state index in [1.54, 1.807) is 52.4 Å². The van der Waals surface area contributed by atoms with Crippen molar-refractivity contribution in [2.45, 2.75) is 6.92 Å². The Morgan fingerprint density at radius 1 is 0.861 bits per heavy atom. The first-order chi connectivity index (χ1) is 17.5. The molecule has 2 aromatic heterocycles. The van der Waals surface area contributed by atoms with Gasteiger partial charge in [0.15, 0.2) is 11.3 Å². The van der Waals surface area contributed by atoms with Gasteiger partial charge in [-0.1, -0.05) is 29.8 Å². The molecule has 1 saturated heterocycles. The summed E-state index contributed by atoms with van der Waals surface area (Å²) in [6, 6.07) is 17.9. The van der Waals surface area contributed by atoms with Gasteiger partial charge in [-0.15, -0.1) is 0 Å². The normalized spacial score (nSPS) is 13.6. The van der Waals surface area contributed by atoms with Crippen LogP contribution < -0.4 is 10.3 Å². The fourth-order valence-corrected chi connectivity index (χ4v) is 4.34. The number of aromatic nitrogens is 3. The molecule has 0 spiro atoms.